The van der Waals surface area contributed by atoms with Gasteiger partial charge in [0, 0.05) is 21.8 Å². The van der Waals surface area contributed by atoms with Crippen molar-refractivity contribution in [2.45, 2.75) is 31.5 Å². The molecule has 1 aromatic rings. The predicted octanol–water partition coefficient (Wildman–Crippen LogP) is 4.69. The summed E-state index contributed by atoms with van der Waals surface area (Å²) < 4.78 is 49.5. The van der Waals surface area contributed by atoms with Gasteiger partial charge < -0.3 is 4.74 Å². The van der Waals surface area contributed by atoms with Gasteiger partial charge in [0.1, 0.15) is 5.41 Å². The second-order valence-corrected chi connectivity index (χ2v) is 7.37. The molecule has 9 heteroatoms. The number of hydrogen-bond donors (Lipinski definition) is 1. The summed E-state index contributed by atoms with van der Waals surface area (Å²) in [6.45, 7) is 2.56. The minimum absolute atomic E-state index is 0.0244. The second kappa shape index (κ2) is 6.78. The minimum atomic E-state index is -4.77. The number of hydroxylamine groups is 2. The third-order valence-electron chi connectivity index (χ3n) is 4.37. The van der Waals surface area contributed by atoms with Crippen molar-refractivity contribution in [3.8, 4) is 6.07 Å². The Bertz CT molecular complexity index is 915. The van der Waals surface area contributed by atoms with Gasteiger partial charge in [0.25, 0.3) is 0 Å². The van der Waals surface area contributed by atoms with Crippen LogP contribution in [0, 0.1) is 11.3 Å². The first-order chi connectivity index (χ1) is 12.6. The van der Waals surface area contributed by atoms with Crippen LogP contribution < -0.4 is 0 Å². The van der Waals surface area contributed by atoms with Crippen LogP contribution in [0.1, 0.15) is 25.0 Å². The predicted molar refractivity (Wildman–Crippen MR) is 95.8 cm³/mol. The number of benzene rings is 1. The van der Waals surface area contributed by atoms with Crippen molar-refractivity contribution in [3.05, 3.63) is 51.7 Å². The van der Waals surface area contributed by atoms with Crippen molar-refractivity contribution in [3.63, 3.8) is 0 Å². The molecule has 0 saturated heterocycles. The van der Waals surface area contributed by atoms with Crippen LogP contribution >= 0.6 is 15.9 Å². The van der Waals surface area contributed by atoms with E-state index in [0.29, 0.717) is 5.06 Å². The quantitative estimate of drug-likeness (QED) is 0.738. The number of halogens is 4. The van der Waals surface area contributed by atoms with E-state index in [1.165, 1.54) is 30.5 Å². The molecule has 1 unspecified atom stereocenters. The molecule has 0 aromatic heterocycles. The summed E-state index contributed by atoms with van der Waals surface area (Å²) >= 11 is 3.12. The standard InChI is InChI=1S/C18H15BrF3N3O2/c1-10(2)27-9-17(18(20,21)22)13-5-11(7-23)3-4-15(13)24-16-14(17)6-12(19)8-25(16)26/h3-6,8,10,26H,9H2,1-2H3. The fourth-order valence-electron chi connectivity index (χ4n) is 3.11. The van der Waals surface area contributed by atoms with Crippen LogP contribution in [0.25, 0.3) is 0 Å². The molecule has 27 heavy (non-hydrogen) atoms. The molecule has 0 spiro atoms. The van der Waals surface area contributed by atoms with Crippen molar-refractivity contribution in [1.29, 1.82) is 5.26 Å². The monoisotopic (exact) mass is 441 g/mol. The minimum Gasteiger partial charge on any atom is -0.377 e. The van der Waals surface area contributed by atoms with Gasteiger partial charge in [0.2, 0.25) is 0 Å². The lowest BCUT2D eigenvalue weighted by Gasteiger charge is -2.43. The van der Waals surface area contributed by atoms with Gasteiger partial charge in [-0.05, 0) is 54.1 Å². The zero-order valence-electron chi connectivity index (χ0n) is 14.4. The van der Waals surface area contributed by atoms with E-state index in [1.54, 1.807) is 13.8 Å². The van der Waals surface area contributed by atoms with Crippen LogP contribution in [-0.2, 0) is 10.2 Å². The number of fused-ring (bicyclic) bond motifs is 2. The molecular weight excluding hydrogens is 427 g/mol. The van der Waals surface area contributed by atoms with Crippen molar-refractivity contribution in [1.82, 2.24) is 5.06 Å². The Labute approximate surface area is 162 Å². The van der Waals surface area contributed by atoms with Gasteiger partial charge >= 0.3 is 6.18 Å². The lowest BCUT2D eigenvalue weighted by atomic mass is 9.70. The number of aliphatic imine (C=N–C) groups is 1. The average Bonchev–Trinajstić information content (AvgIpc) is 2.57. The van der Waals surface area contributed by atoms with E-state index in [0.717, 1.165) is 0 Å². The number of nitriles is 1. The molecule has 2 aliphatic rings. The fourth-order valence-corrected chi connectivity index (χ4v) is 3.53. The molecule has 1 N–H and O–H groups in total. The van der Waals surface area contributed by atoms with Crippen LogP contribution in [0.3, 0.4) is 0 Å². The van der Waals surface area contributed by atoms with Crippen LogP contribution in [0.2, 0.25) is 0 Å². The summed E-state index contributed by atoms with van der Waals surface area (Å²) in [6, 6.07) is 5.78. The van der Waals surface area contributed by atoms with E-state index in [9.17, 15) is 18.4 Å². The van der Waals surface area contributed by atoms with Gasteiger partial charge in [0.05, 0.1) is 30.0 Å². The molecule has 1 atom stereocenters. The van der Waals surface area contributed by atoms with Gasteiger partial charge in [-0.2, -0.15) is 18.4 Å². The van der Waals surface area contributed by atoms with Crippen LogP contribution in [0.5, 0.6) is 0 Å². The molecule has 2 heterocycles. The number of allylic oxidation sites excluding steroid dienone is 2. The van der Waals surface area contributed by atoms with Crippen LogP contribution in [-0.4, -0.2) is 35.0 Å². The highest BCUT2D eigenvalue weighted by molar-refractivity contribution is 9.11. The molecule has 142 valence electrons. The molecule has 3 rings (SSSR count). The topological polar surface area (TPSA) is 68.8 Å². The Hall–Kier alpha value is -2.15. The number of ether oxygens (including phenoxy) is 1. The highest BCUT2D eigenvalue weighted by atomic mass is 79.9. The highest BCUT2D eigenvalue weighted by Crippen LogP contribution is 2.54. The molecule has 5 nitrogen and oxygen atoms in total. The Morgan fingerprint density at radius 3 is 2.70 bits per heavy atom. The third kappa shape index (κ3) is 3.18. The van der Waals surface area contributed by atoms with Crippen molar-refractivity contribution >= 4 is 27.5 Å². The summed E-state index contributed by atoms with van der Waals surface area (Å²) in [5.74, 6) is -0.236. The molecule has 0 aliphatic carbocycles. The molecular formula is C18H15BrF3N3O2. The maximum absolute atomic E-state index is 14.6. The van der Waals surface area contributed by atoms with E-state index in [1.807, 2.05) is 6.07 Å². The van der Waals surface area contributed by atoms with Gasteiger partial charge in [0.15, 0.2) is 5.84 Å². The molecule has 0 fully saturated rings. The van der Waals surface area contributed by atoms with Gasteiger partial charge in [-0.1, -0.05) is 0 Å². The molecule has 2 aliphatic heterocycles. The van der Waals surface area contributed by atoms with Crippen molar-refractivity contribution in [2.24, 2.45) is 4.99 Å². The highest BCUT2D eigenvalue weighted by Gasteiger charge is 2.62. The van der Waals surface area contributed by atoms with E-state index in [2.05, 4.69) is 20.9 Å². The first-order valence-electron chi connectivity index (χ1n) is 8.00. The Balaban J connectivity index is 2.38. The third-order valence-corrected chi connectivity index (χ3v) is 4.81. The number of nitrogens with zero attached hydrogens (tertiary/aromatic N) is 3. The number of alkyl halides is 3. The lowest BCUT2D eigenvalue weighted by Crippen LogP contribution is -2.54. The number of amidine groups is 1. The van der Waals surface area contributed by atoms with Crippen molar-refractivity contribution < 1.29 is 23.1 Å². The zero-order valence-corrected chi connectivity index (χ0v) is 16.0. The summed E-state index contributed by atoms with van der Waals surface area (Å²) in [6.07, 6.45) is -2.75. The lowest BCUT2D eigenvalue weighted by molar-refractivity contribution is -0.195. The summed E-state index contributed by atoms with van der Waals surface area (Å²) in [4.78, 5) is 4.19. The van der Waals surface area contributed by atoms with Gasteiger partial charge in [-0.15, -0.1) is 0 Å². The first kappa shape index (κ1) is 19.6. The Morgan fingerprint density at radius 2 is 2.11 bits per heavy atom. The largest absolute Gasteiger partial charge is 0.404 e. The maximum Gasteiger partial charge on any atom is 0.404 e. The van der Waals surface area contributed by atoms with Crippen LogP contribution in [0.4, 0.5) is 18.9 Å². The number of hydrogen-bond acceptors (Lipinski definition) is 5. The Kier molecular flexibility index (Phi) is 4.93. The zero-order chi connectivity index (χ0) is 20.0. The SMILES string of the molecule is CC(C)OCC1(C(F)(F)F)C2=CC(Br)=CN(O)C2=Nc2ccc(C#N)cc21. The normalized spacial score (nSPS) is 21.7. The van der Waals surface area contributed by atoms with E-state index >= 15 is 0 Å². The Morgan fingerprint density at radius 1 is 1.41 bits per heavy atom. The van der Waals surface area contributed by atoms with Gasteiger partial charge in [-0.25, -0.2) is 10.1 Å². The molecule has 1 aromatic carbocycles. The molecule has 0 saturated carbocycles. The molecule has 0 bridgehead atoms. The number of rotatable bonds is 3. The van der Waals surface area contributed by atoms with Crippen molar-refractivity contribution in [2.75, 3.05) is 6.61 Å². The maximum atomic E-state index is 14.6. The summed E-state index contributed by atoms with van der Waals surface area (Å²) in [5.41, 5.74) is -2.92. The van der Waals surface area contributed by atoms with E-state index in [-0.39, 0.29) is 32.7 Å². The second-order valence-electron chi connectivity index (χ2n) is 6.46. The smallest absolute Gasteiger partial charge is 0.377 e. The first-order valence-corrected chi connectivity index (χ1v) is 8.79. The summed E-state index contributed by atoms with van der Waals surface area (Å²) in [7, 11) is 0. The summed E-state index contributed by atoms with van der Waals surface area (Å²) in [5, 5.41) is 19.9. The molecule has 0 radical (unpaired) electrons. The molecule has 0 amide bonds. The fraction of sp³-hybridized carbons (Fsp3) is 0.333. The average molecular weight is 442 g/mol. The van der Waals surface area contributed by atoms with Crippen LogP contribution in [0.15, 0.2) is 45.5 Å². The van der Waals surface area contributed by atoms with E-state index in [4.69, 9.17) is 10.00 Å². The van der Waals surface area contributed by atoms with E-state index < -0.39 is 24.3 Å². The van der Waals surface area contributed by atoms with Gasteiger partial charge in [-0.3, -0.25) is 5.21 Å².